The molecule has 5 heteroatoms. The average molecular weight is 293 g/mol. The first-order valence-electron chi connectivity index (χ1n) is 6.66. The van der Waals surface area contributed by atoms with E-state index in [-0.39, 0.29) is 5.82 Å². The molecule has 0 saturated heterocycles. The van der Waals surface area contributed by atoms with Crippen molar-refractivity contribution in [2.24, 2.45) is 7.05 Å². The Morgan fingerprint density at radius 1 is 1.35 bits per heavy atom. The Bertz CT molecular complexity index is 593. The standard InChI is InChI=1S/C15H20FN3S/c1-10(2)17-9-12-8-13(16)5-6-14(12)20-15-7-11(3)18-19(15)4/h5-8,10,17H,9H2,1-4H3. The van der Waals surface area contributed by atoms with Gasteiger partial charge in [-0.2, -0.15) is 5.10 Å². The van der Waals surface area contributed by atoms with Crippen LogP contribution in [0.1, 0.15) is 25.1 Å². The van der Waals surface area contributed by atoms with Crippen LogP contribution in [0.3, 0.4) is 0 Å². The van der Waals surface area contributed by atoms with Crippen LogP contribution < -0.4 is 5.32 Å². The number of nitrogens with zero attached hydrogens (tertiary/aromatic N) is 2. The largest absolute Gasteiger partial charge is 0.310 e. The molecule has 0 amide bonds. The minimum Gasteiger partial charge on any atom is -0.310 e. The van der Waals surface area contributed by atoms with Crippen molar-refractivity contribution in [3.8, 4) is 0 Å². The first kappa shape index (κ1) is 15.1. The summed E-state index contributed by atoms with van der Waals surface area (Å²) >= 11 is 1.62. The van der Waals surface area contributed by atoms with Crippen molar-refractivity contribution < 1.29 is 4.39 Å². The fourth-order valence-electron chi connectivity index (χ4n) is 1.89. The van der Waals surface area contributed by atoms with Gasteiger partial charge in [-0.05, 0) is 36.8 Å². The summed E-state index contributed by atoms with van der Waals surface area (Å²) in [4.78, 5) is 1.06. The third-order valence-electron chi connectivity index (χ3n) is 2.90. The summed E-state index contributed by atoms with van der Waals surface area (Å²) in [5.74, 6) is -0.198. The maximum atomic E-state index is 13.4. The van der Waals surface area contributed by atoms with Crippen molar-refractivity contribution in [1.29, 1.82) is 0 Å². The van der Waals surface area contributed by atoms with Crippen molar-refractivity contribution >= 4 is 11.8 Å². The van der Waals surface area contributed by atoms with Gasteiger partial charge in [0, 0.05) is 24.5 Å². The van der Waals surface area contributed by atoms with Gasteiger partial charge < -0.3 is 5.32 Å². The van der Waals surface area contributed by atoms with Gasteiger partial charge in [-0.25, -0.2) is 4.39 Å². The molecular formula is C15H20FN3S. The highest BCUT2D eigenvalue weighted by Crippen LogP contribution is 2.31. The van der Waals surface area contributed by atoms with Gasteiger partial charge >= 0.3 is 0 Å². The van der Waals surface area contributed by atoms with E-state index in [1.165, 1.54) is 6.07 Å². The van der Waals surface area contributed by atoms with Crippen LogP contribution in [0, 0.1) is 12.7 Å². The summed E-state index contributed by atoms with van der Waals surface area (Å²) in [6.07, 6.45) is 0. The Morgan fingerprint density at radius 3 is 2.70 bits per heavy atom. The molecule has 1 heterocycles. The van der Waals surface area contributed by atoms with Crippen molar-refractivity contribution in [3.05, 3.63) is 41.3 Å². The van der Waals surface area contributed by atoms with Gasteiger partial charge in [0.25, 0.3) is 0 Å². The molecule has 1 aromatic carbocycles. The van der Waals surface area contributed by atoms with E-state index in [1.54, 1.807) is 17.8 Å². The summed E-state index contributed by atoms with van der Waals surface area (Å²) in [5.41, 5.74) is 1.96. The topological polar surface area (TPSA) is 29.9 Å². The number of aryl methyl sites for hydroxylation is 2. The number of benzene rings is 1. The number of hydrogen-bond donors (Lipinski definition) is 1. The van der Waals surface area contributed by atoms with Crippen molar-refractivity contribution in [2.75, 3.05) is 0 Å². The van der Waals surface area contributed by atoms with Crippen LogP contribution >= 0.6 is 11.8 Å². The van der Waals surface area contributed by atoms with Crippen molar-refractivity contribution in [2.45, 2.75) is 43.3 Å². The molecule has 0 aliphatic carbocycles. The molecule has 0 radical (unpaired) electrons. The molecule has 3 nitrogen and oxygen atoms in total. The molecule has 2 rings (SSSR count). The SMILES string of the molecule is Cc1cc(Sc2ccc(F)cc2CNC(C)C)n(C)n1. The van der Waals surface area contributed by atoms with E-state index in [1.807, 2.05) is 30.8 Å². The monoisotopic (exact) mass is 293 g/mol. The molecule has 0 saturated carbocycles. The smallest absolute Gasteiger partial charge is 0.123 e. The Labute approximate surface area is 123 Å². The van der Waals surface area contributed by atoms with E-state index in [2.05, 4.69) is 24.3 Å². The molecule has 0 atom stereocenters. The number of rotatable bonds is 5. The third-order valence-corrected chi connectivity index (χ3v) is 4.11. The summed E-state index contributed by atoms with van der Waals surface area (Å²) in [6, 6.07) is 7.34. The Kier molecular flexibility index (Phi) is 4.83. The number of halogens is 1. The summed E-state index contributed by atoms with van der Waals surface area (Å²) < 4.78 is 15.3. The van der Waals surface area contributed by atoms with E-state index in [4.69, 9.17) is 0 Å². The zero-order valence-electron chi connectivity index (χ0n) is 12.3. The molecular weight excluding hydrogens is 273 g/mol. The second-order valence-corrected chi connectivity index (χ2v) is 6.20. The van der Waals surface area contributed by atoms with Gasteiger partial charge in [0.2, 0.25) is 0 Å². The van der Waals surface area contributed by atoms with E-state index in [9.17, 15) is 4.39 Å². The lowest BCUT2D eigenvalue weighted by Gasteiger charge is -2.12. The Morgan fingerprint density at radius 2 is 2.10 bits per heavy atom. The minimum atomic E-state index is -0.198. The molecule has 20 heavy (non-hydrogen) atoms. The molecule has 0 fully saturated rings. The summed E-state index contributed by atoms with van der Waals surface area (Å²) in [5, 5.41) is 8.72. The van der Waals surface area contributed by atoms with Crippen LogP contribution in [-0.4, -0.2) is 15.8 Å². The van der Waals surface area contributed by atoms with Crippen LogP contribution in [-0.2, 0) is 13.6 Å². The average Bonchev–Trinajstić information content (AvgIpc) is 2.68. The van der Waals surface area contributed by atoms with Crippen LogP contribution in [0.4, 0.5) is 4.39 Å². The molecule has 0 aliphatic rings. The fraction of sp³-hybridized carbons (Fsp3) is 0.400. The molecule has 1 aromatic heterocycles. The highest BCUT2D eigenvalue weighted by Gasteiger charge is 2.10. The van der Waals surface area contributed by atoms with E-state index >= 15 is 0 Å². The lowest BCUT2D eigenvalue weighted by atomic mass is 10.2. The first-order chi connectivity index (χ1) is 9.45. The second kappa shape index (κ2) is 6.41. The van der Waals surface area contributed by atoms with Gasteiger partial charge in [0.1, 0.15) is 5.82 Å². The predicted molar refractivity (Wildman–Crippen MR) is 80.4 cm³/mol. The lowest BCUT2D eigenvalue weighted by molar-refractivity contribution is 0.576. The van der Waals surface area contributed by atoms with Crippen molar-refractivity contribution in [1.82, 2.24) is 15.1 Å². The molecule has 0 aliphatic heterocycles. The van der Waals surface area contributed by atoms with Crippen molar-refractivity contribution in [3.63, 3.8) is 0 Å². The van der Waals surface area contributed by atoms with Gasteiger partial charge in [-0.1, -0.05) is 25.6 Å². The Hall–Kier alpha value is -1.33. The zero-order chi connectivity index (χ0) is 14.7. The maximum Gasteiger partial charge on any atom is 0.123 e. The molecule has 0 bridgehead atoms. The molecule has 2 aromatic rings. The minimum absolute atomic E-state index is 0.198. The number of nitrogens with one attached hydrogen (secondary N) is 1. The van der Waals surface area contributed by atoms with Gasteiger partial charge in [0.15, 0.2) is 0 Å². The van der Waals surface area contributed by atoms with Crippen LogP contribution in [0.25, 0.3) is 0 Å². The van der Waals surface area contributed by atoms with E-state index in [0.29, 0.717) is 12.6 Å². The van der Waals surface area contributed by atoms with Crippen LogP contribution in [0.15, 0.2) is 34.2 Å². The number of aromatic nitrogens is 2. The molecule has 0 spiro atoms. The maximum absolute atomic E-state index is 13.4. The van der Waals surface area contributed by atoms with E-state index in [0.717, 1.165) is 21.2 Å². The normalized spacial score (nSPS) is 11.3. The first-order valence-corrected chi connectivity index (χ1v) is 7.47. The fourth-order valence-corrected chi connectivity index (χ4v) is 2.92. The molecule has 1 N–H and O–H groups in total. The zero-order valence-corrected chi connectivity index (χ0v) is 13.1. The number of hydrogen-bond acceptors (Lipinski definition) is 3. The molecule has 108 valence electrons. The van der Waals surface area contributed by atoms with Crippen LogP contribution in [0.2, 0.25) is 0 Å². The second-order valence-electron chi connectivity index (χ2n) is 5.14. The summed E-state index contributed by atoms with van der Waals surface area (Å²) in [6.45, 7) is 6.79. The highest BCUT2D eigenvalue weighted by atomic mass is 32.2. The van der Waals surface area contributed by atoms with Crippen LogP contribution in [0.5, 0.6) is 0 Å². The molecule has 0 unspecified atom stereocenters. The predicted octanol–water partition coefficient (Wildman–Crippen LogP) is 3.52. The van der Waals surface area contributed by atoms with Gasteiger partial charge in [-0.15, -0.1) is 0 Å². The Balaban J connectivity index is 2.24. The van der Waals surface area contributed by atoms with Gasteiger partial charge in [-0.3, -0.25) is 4.68 Å². The summed E-state index contributed by atoms with van der Waals surface area (Å²) in [7, 11) is 1.92. The highest BCUT2D eigenvalue weighted by molar-refractivity contribution is 7.99. The third kappa shape index (κ3) is 3.84. The quantitative estimate of drug-likeness (QED) is 0.915. The lowest BCUT2D eigenvalue weighted by Crippen LogP contribution is -2.22. The van der Waals surface area contributed by atoms with Gasteiger partial charge in [0.05, 0.1) is 10.7 Å². The van der Waals surface area contributed by atoms with E-state index < -0.39 is 0 Å².